The molecule has 1 saturated heterocycles. The van der Waals surface area contributed by atoms with Crippen LogP contribution in [-0.2, 0) is 13.6 Å². The van der Waals surface area contributed by atoms with E-state index in [1.807, 2.05) is 0 Å². The number of aromatic nitrogens is 4. The standard InChI is InChI=1S/C11H15N5O/c1-15-10-9(6-14-15)11(17)16(7-13-10)3-2-8-4-12-5-8/h6-8,12H,2-5H2,1H3. The number of hydrogen-bond donors (Lipinski definition) is 1. The molecule has 6 heteroatoms. The van der Waals surface area contributed by atoms with Gasteiger partial charge in [0.25, 0.3) is 5.56 Å². The molecule has 17 heavy (non-hydrogen) atoms. The lowest BCUT2D eigenvalue weighted by molar-refractivity contribution is 0.310. The summed E-state index contributed by atoms with van der Waals surface area (Å²) in [5.74, 6) is 0.700. The molecule has 6 nitrogen and oxygen atoms in total. The van der Waals surface area contributed by atoms with E-state index in [-0.39, 0.29) is 5.56 Å². The van der Waals surface area contributed by atoms with Crippen molar-refractivity contribution in [3.63, 3.8) is 0 Å². The second-order valence-electron chi connectivity index (χ2n) is 4.56. The van der Waals surface area contributed by atoms with Gasteiger partial charge in [-0.15, -0.1) is 0 Å². The van der Waals surface area contributed by atoms with Gasteiger partial charge in [-0.2, -0.15) is 5.10 Å². The molecule has 1 aliphatic heterocycles. The Bertz CT molecular complexity index is 595. The minimum atomic E-state index is 0.00961. The summed E-state index contributed by atoms with van der Waals surface area (Å²) < 4.78 is 3.30. The number of nitrogens with one attached hydrogen (secondary N) is 1. The molecular weight excluding hydrogens is 218 g/mol. The predicted octanol–water partition coefficient (Wildman–Crippen LogP) is -0.260. The Hall–Kier alpha value is -1.69. The first kappa shape index (κ1) is 10.5. The molecule has 0 atom stereocenters. The molecule has 0 spiro atoms. The molecule has 2 aromatic heterocycles. The van der Waals surface area contributed by atoms with Gasteiger partial charge in [-0.3, -0.25) is 14.0 Å². The molecule has 1 aliphatic rings. The van der Waals surface area contributed by atoms with E-state index in [2.05, 4.69) is 15.4 Å². The van der Waals surface area contributed by atoms with Crippen LogP contribution in [-0.4, -0.2) is 32.4 Å². The minimum absolute atomic E-state index is 0.00961. The second kappa shape index (κ2) is 3.96. The van der Waals surface area contributed by atoms with Gasteiger partial charge in [0.2, 0.25) is 0 Å². The van der Waals surface area contributed by atoms with Crippen molar-refractivity contribution in [3.8, 4) is 0 Å². The Morgan fingerprint density at radius 1 is 1.53 bits per heavy atom. The van der Waals surface area contributed by atoms with Crippen LogP contribution in [0.2, 0.25) is 0 Å². The van der Waals surface area contributed by atoms with E-state index in [4.69, 9.17) is 0 Å². The third-order valence-electron chi connectivity index (χ3n) is 3.36. The first-order valence-electron chi connectivity index (χ1n) is 5.83. The summed E-state index contributed by atoms with van der Waals surface area (Å²) in [6, 6.07) is 0. The highest BCUT2D eigenvalue weighted by molar-refractivity contribution is 5.72. The van der Waals surface area contributed by atoms with E-state index in [9.17, 15) is 4.79 Å². The normalized spacial score (nSPS) is 16.3. The molecule has 0 amide bonds. The van der Waals surface area contributed by atoms with Gasteiger partial charge >= 0.3 is 0 Å². The van der Waals surface area contributed by atoms with Crippen molar-refractivity contribution in [2.75, 3.05) is 13.1 Å². The van der Waals surface area contributed by atoms with E-state index < -0.39 is 0 Å². The van der Waals surface area contributed by atoms with E-state index >= 15 is 0 Å². The molecule has 0 unspecified atom stereocenters. The topological polar surface area (TPSA) is 64.7 Å². The third kappa shape index (κ3) is 1.74. The smallest absolute Gasteiger partial charge is 0.264 e. The van der Waals surface area contributed by atoms with Crippen LogP contribution >= 0.6 is 0 Å². The van der Waals surface area contributed by atoms with E-state index in [1.54, 1.807) is 28.8 Å². The summed E-state index contributed by atoms with van der Waals surface area (Å²) in [5, 5.41) is 7.88. The average Bonchev–Trinajstić information content (AvgIpc) is 2.62. The third-order valence-corrected chi connectivity index (χ3v) is 3.36. The van der Waals surface area contributed by atoms with E-state index in [1.165, 1.54) is 0 Å². The molecule has 3 heterocycles. The fourth-order valence-corrected chi connectivity index (χ4v) is 2.10. The minimum Gasteiger partial charge on any atom is -0.316 e. The van der Waals surface area contributed by atoms with Gasteiger partial charge in [0.15, 0.2) is 5.65 Å². The molecule has 0 aromatic carbocycles. The highest BCUT2D eigenvalue weighted by Gasteiger charge is 2.16. The number of rotatable bonds is 3. The molecule has 90 valence electrons. The fourth-order valence-electron chi connectivity index (χ4n) is 2.10. The van der Waals surface area contributed by atoms with Crippen molar-refractivity contribution in [1.82, 2.24) is 24.6 Å². The van der Waals surface area contributed by atoms with E-state index in [0.29, 0.717) is 17.0 Å². The van der Waals surface area contributed by atoms with Crippen LogP contribution in [0.5, 0.6) is 0 Å². The average molecular weight is 233 g/mol. The van der Waals surface area contributed by atoms with Crippen LogP contribution in [0.25, 0.3) is 11.0 Å². The van der Waals surface area contributed by atoms with Crippen LogP contribution in [0.4, 0.5) is 0 Å². The largest absolute Gasteiger partial charge is 0.316 e. The van der Waals surface area contributed by atoms with Crippen molar-refractivity contribution >= 4 is 11.0 Å². The Labute approximate surface area is 98.3 Å². The van der Waals surface area contributed by atoms with Crippen LogP contribution in [0, 0.1) is 5.92 Å². The molecule has 2 aromatic rings. The van der Waals surface area contributed by atoms with Gasteiger partial charge in [-0.05, 0) is 25.4 Å². The summed E-state index contributed by atoms with van der Waals surface area (Å²) >= 11 is 0. The lowest BCUT2D eigenvalue weighted by Gasteiger charge is -2.27. The van der Waals surface area contributed by atoms with Crippen LogP contribution < -0.4 is 10.9 Å². The zero-order valence-corrected chi connectivity index (χ0v) is 9.76. The molecule has 0 radical (unpaired) electrons. The van der Waals surface area contributed by atoms with Crippen molar-refractivity contribution in [3.05, 3.63) is 22.9 Å². The fraction of sp³-hybridized carbons (Fsp3) is 0.545. The zero-order chi connectivity index (χ0) is 11.8. The first-order chi connectivity index (χ1) is 8.25. The monoisotopic (exact) mass is 233 g/mol. The SMILES string of the molecule is Cn1ncc2c(=O)n(CCC3CNC3)cnc21. The number of nitrogens with zero attached hydrogens (tertiary/aromatic N) is 4. The maximum atomic E-state index is 12.1. The number of fused-ring (bicyclic) bond motifs is 1. The molecular formula is C11H15N5O. The van der Waals surface area contributed by atoms with Crippen LogP contribution in [0.1, 0.15) is 6.42 Å². The number of hydrogen-bond acceptors (Lipinski definition) is 4. The summed E-state index contributed by atoms with van der Waals surface area (Å²) in [6.45, 7) is 2.87. The summed E-state index contributed by atoms with van der Waals surface area (Å²) in [5.41, 5.74) is 0.659. The molecule has 3 rings (SSSR count). The van der Waals surface area contributed by atoms with Gasteiger partial charge in [-0.25, -0.2) is 4.98 Å². The predicted molar refractivity (Wildman–Crippen MR) is 63.7 cm³/mol. The Morgan fingerprint density at radius 2 is 2.35 bits per heavy atom. The molecule has 0 saturated carbocycles. The van der Waals surface area contributed by atoms with Gasteiger partial charge in [0.05, 0.1) is 12.5 Å². The molecule has 1 fully saturated rings. The number of aryl methyl sites for hydroxylation is 2. The molecule has 0 bridgehead atoms. The lowest BCUT2D eigenvalue weighted by Crippen LogP contribution is -2.42. The Kier molecular flexibility index (Phi) is 2.44. The van der Waals surface area contributed by atoms with Gasteiger partial charge in [0, 0.05) is 13.6 Å². The Balaban J connectivity index is 1.89. The second-order valence-corrected chi connectivity index (χ2v) is 4.56. The summed E-state index contributed by atoms with van der Waals surface area (Å²) in [7, 11) is 1.79. The van der Waals surface area contributed by atoms with Gasteiger partial charge in [-0.1, -0.05) is 0 Å². The maximum absolute atomic E-state index is 12.1. The molecule has 1 N–H and O–H groups in total. The summed E-state index contributed by atoms with van der Waals surface area (Å²) in [4.78, 5) is 16.4. The highest BCUT2D eigenvalue weighted by atomic mass is 16.1. The van der Waals surface area contributed by atoms with Crippen LogP contribution in [0.3, 0.4) is 0 Å². The van der Waals surface area contributed by atoms with Crippen LogP contribution in [0.15, 0.2) is 17.3 Å². The van der Waals surface area contributed by atoms with E-state index in [0.717, 1.165) is 26.1 Å². The van der Waals surface area contributed by atoms with Crippen molar-refractivity contribution < 1.29 is 0 Å². The van der Waals surface area contributed by atoms with Gasteiger partial charge in [0.1, 0.15) is 5.39 Å². The van der Waals surface area contributed by atoms with Gasteiger partial charge < -0.3 is 5.32 Å². The van der Waals surface area contributed by atoms with Crippen molar-refractivity contribution in [2.45, 2.75) is 13.0 Å². The Morgan fingerprint density at radius 3 is 3.06 bits per heavy atom. The highest BCUT2D eigenvalue weighted by Crippen LogP contribution is 2.09. The quantitative estimate of drug-likeness (QED) is 0.793. The maximum Gasteiger partial charge on any atom is 0.264 e. The summed E-state index contributed by atoms with van der Waals surface area (Å²) in [6.07, 6.45) is 4.24. The van der Waals surface area contributed by atoms with Crippen molar-refractivity contribution in [2.24, 2.45) is 13.0 Å². The zero-order valence-electron chi connectivity index (χ0n) is 9.76. The first-order valence-corrected chi connectivity index (χ1v) is 5.83. The lowest BCUT2D eigenvalue weighted by atomic mass is 10.00. The molecule has 0 aliphatic carbocycles. The van der Waals surface area contributed by atoms with Crippen molar-refractivity contribution in [1.29, 1.82) is 0 Å².